The second-order valence-corrected chi connectivity index (χ2v) is 16.5. The summed E-state index contributed by atoms with van der Waals surface area (Å²) in [5, 5.41) is 43.8. The van der Waals surface area contributed by atoms with Crippen LogP contribution in [0.2, 0.25) is 0 Å². The molecule has 1 spiro atoms. The van der Waals surface area contributed by atoms with Crippen molar-refractivity contribution in [3.63, 3.8) is 0 Å². The molecule has 55 heavy (non-hydrogen) atoms. The second-order valence-electron chi connectivity index (χ2n) is 16.5. The van der Waals surface area contributed by atoms with Crippen LogP contribution in [0.4, 0.5) is 0 Å². The summed E-state index contributed by atoms with van der Waals surface area (Å²) in [6.45, 7) is 19.1. The topological polar surface area (TPSA) is 118 Å². The van der Waals surface area contributed by atoms with Gasteiger partial charge in [-0.05, 0) is 110 Å². The van der Waals surface area contributed by atoms with Crippen molar-refractivity contribution in [3.05, 3.63) is 93.8 Å². The van der Waals surface area contributed by atoms with Crippen molar-refractivity contribution in [1.82, 2.24) is 0 Å². The minimum Gasteiger partial charge on any atom is -0.494 e. The number of benzene rings is 2. The molecule has 0 bridgehead atoms. The van der Waals surface area contributed by atoms with E-state index in [-0.39, 0.29) is 5.92 Å². The van der Waals surface area contributed by atoms with Gasteiger partial charge in [-0.3, -0.25) is 0 Å². The van der Waals surface area contributed by atoms with E-state index in [2.05, 4.69) is 85.8 Å². The van der Waals surface area contributed by atoms with E-state index in [0.29, 0.717) is 73.3 Å². The van der Waals surface area contributed by atoms with Crippen LogP contribution in [0.15, 0.2) is 71.5 Å². The first kappa shape index (κ1) is 41.1. The Labute approximate surface area is 328 Å². The fourth-order valence-corrected chi connectivity index (χ4v) is 7.87. The molecule has 0 aromatic heterocycles. The fourth-order valence-electron chi connectivity index (χ4n) is 7.87. The standard InChI is InChI=1S/C45H60B2O8/c1-9-28(5)24-52-35-21-39-38-22-43(54-26-30(7)11-3)42(53-25-29(6)10-2)20-33(38)19-41(39)44(23-35)40-18-32-17-34(46(48)49)13-14-36(32)37(40)15-16-45(44,47(50)51)55-27-31(8)12-4/h13-17,19-23,28-31,48-51H,9-12,18,24-27H2,1-8H3. The van der Waals surface area contributed by atoms with Crippen LogP contribution in [0.1, 0.15) is 103 Å². The molecule has 0 heterocycles. The Morgan fingerprint density at radius 1 is 0.709 bits per heavy atom. The Bertz CT molecular complexity index is 1890. The average molecular weight is 751 g/mol. The summed E-state index contributed by atoms with van der Waals surface area (Å²) >= 11 is 0. The predicted octanol–water partition coefficient (Wildman–Crippen LogP) is 7.34. The molecule has 6 unspecified atom stereocenters. The number of allylic oxidation sites excluding steroid dienone is 4. The van der Waals surface area contributed by atoms with E-state index in [9.17, 15) is 20.1 Å². The molecule has 8 nitrogen and oxygen atoms in total. The lowest BCUT2D eigenvalue weighted by atomic mass is 9.45. The Morgan fingerprint density at radius 3 is 1.91 bits per heavy atom. The van der Waals surface area contributed by atoms with Gasteiger partial charge in [0.1, 0.15) is 11.3 Å². The number of hydrogen-bond acceptors (Lipinski definition) is 8. The molecule has 6 rings (SSSR count). The summed E-state index contributed by atoms with van der Waals surface area (Å²) in [6, 6.07) is 9.63. The number of hydrogen-bond donors (Lipinski definition) is 4. The Hall–Kier alpha value is -3.53. The fraction of sp³-hybridized carbons (Fsp3) is 0.511. The van der Waals surface area contributed by atoms with Crippen molar-refractivity contribution < 1.29 is 39.0 Å². The maximum Gasteiger partial charge on any atom is 0.491 e. The Kier molecular flexibility index (Phi) is 12.6. The van der Waals surface area contributed by atoms with Gasteiger partial charge in [0.05, 0.1) is 25.2 Å². The van der Waals surface area contributed by atoms with Crippen LogP contribution in [-0.4, -0.2) is 66.3 Å². The smallest absolute Gasteiger partial charge is 0.491 e. The molecule has 4 aliphatic rings. The van der Waals surface area contributed by atoms with Crippen LogP contribution in [-0.2, 0) is 15.9 Å². The molecule has 0 aliphatic heterocycles. The molecule has 0 saturated carbocycles. The SMILES string of the molecule is CCC(C)COC1=CC2(C3=Cc4cc(OCC(C)CC)c(OCC(C)CC)cc4C3=C1)C1=C(C=CC2(OCC(C)CC)B(O)O)c2ccc(B(O)O)cc2C1. The highest BCUT2D eigenvalue weighted by Crippen LogP contribution is 2.64. The van der Waals surface area contributed by atoms with Crippen LogP contribution >= 0.6 is 0 Å². The van der Waals surface area contributed by atoms with Gasteiger partial charge in [-0.15, -0.1) is 0 Å². The maximum atomic E-state index is 11.8. The van der Waals surface area contributed by atoms with Gasteiger partial charge in [0, 0.05) is 6.61 Å². The zero-order valence-corrected chi connectivity index (χ0v) is 34.0. The average Bonchev–Trinajstić information content (AvgIpc) is 3.75. The van der Waals surface area contributed by atoms with Crippen LogP contribution < -0.4 is 14.9 Å². The normalized spacial score (nSPS) is 22.8. The third-order valence-corrected chi connectivity index (χ3v) is 12.4. The van der Waals surface area contributed by atoms with Gasteiger partial charge in [-0.2, -0.15) is 0 Å². The zero-order chi connectivity index (χ0) is 39.7. The maximum absolute atomic E-state index is 11.8. The van der Waals surface area contributed by atoms with Crippen molar-refractivity contribution in [2.75, 3.05) is 26.4 Å². The third-order valence-electron chi connectivity index (χ3n) is 12.4. The zero-order valence-electron chi connectivity index (χ0n) is 34.0. The van der Waals surface area contributed by atoms with Crippen LogP contribution in [0.25, 0.3) is 17.2 Å². The minimum atomic E-state index is -1.92. The molecule has 0 amide bonds. The molecule has 2 aromatic rings. The summed E-state index contributed by atoms with van der Waals surface area (Å²) in [4.78, 5) is 0. The van der Waals surface area contributed by atoms with E-state index in [4.69, 9.17) is 18.9 Å². The number of fused-ring (bicyclic) bond motifs is 7. The summed E-state index contributed by atoms with van der Waals surface area (Å²) in [6.07, 6.45) is 14.3. The summed E-state index contributed by atoms with van der Waals surface area (Å²) in [5.41, 5.74) is 4.95. The molecule has 4 N–H and O–H groups in total. The van der Waals surface area contributed by atoms with Crippen molar-refractivity contribution in [2.45, 2.75) is 93.0 Å². The first-order chi connectivity index (χ1) is 26.3. The quantitative estimate of drug-likeness (QED) is 0.117. The summed E-state index contributed by atoms with van der Waals surface area (Å²) in [5.74, 6) is 3.15. The Balaban J connectivity index is 1.60. The van der Waals surface area contributed by atoms with Gasteiger partial charge in [-0.25, -0.2) is 0 Å². The molecular formula is C45H60B2O8. The molecule has 0 saturated heterocycles. The van der Waals surface area contributed by atoms with E-state index in [1.165, 1.54) is 0 Å². The molecule has 2 aromatic carbocycles. The van der Waals surface area contributed by atoms with E-state index in [1.54, 1.807) is 6.07 Å². The lowest BCUT2D eigenvalue weighted by Gasteiger charge is -2.52. The number of ether oxygens (including phenoxy) is 4. The summed E-state index contributed by atoms with van der Waals surface area (Å²) < 4.78 is 26.6. The first-order valence-electron chi connectivity index (χ1n) is 20.5. The van der Waals surface area contributed by atoms with Gasteiger partial charge in [0.25, 0.3) is 0 Å². The molecule has 4 aliphatic carbocycles. The van der Waals surface area contributed by atoms with Crippen molar-refractivity contribution in [1.29, 1.82) is 0 Å². The van der Waals surface area contributed by atoms with Crippen molar-refractivity contribution in [3.8, 4) is 11.5 Å². The highest BCUT2D eigenvalue weighted by atomic mass is 16.5. The number of rotatable bonds is 18. The molecular weight excluding hydrogens is 690 g/mol. The third kappa shape index (κ3) is 7.65. The van der Waals surface area contributed by atoms with Crippen LogP contribution in [0.3, 0.4) is 0 Å². The highest BCUT2D eigenvalue weighted by molar-refractivity contribution is 6.58. The first-order valence-corrected chi connectivity index (χ1v) is 20.5. The van der Waals surface area contributed by atoms with Crippen molar-refractivity contribution in [2.24, 2.45) is 29.1 Å². The largest absolute Gasteiger partial charge is 0.494 e. The predicted molar refractivity (Wildman–Crippen MR) is 223 cm³/mol. The van der Waals surface area contributed by atoms with E-state index < -0.39 is 25.2 Å². The lowest BCUT2D eigenvalue weighted by Crippen LogP contribution is -2.62. The van der Waals surface area contributed by atoms with Gasteiger partial charge in [0.15, 0.2) is 11.5 Å². The van der Waals surface area contributed by atoms with Gasteiger partial charge >= 0.3 is 14.2 Å². The lowest BCUT2D eigenvalue weighted by molar-refractivity contribution is -0.0351. The van der Waals surface area contributed by atoms with E-state index in [0.717, 1.165) is 70.2 Å². The molecule has 6 atom stereocenters. The molecule has 294 valence electrons. The molecule has 0 fully saturated rings. The van der Waals surface area contributed by atoms with Gasteiger partial charge in [-0.1, -0.05) is 111 Å². The van der Waals surface area contributed by atoms with Gasteiger partial charge in [0.2, 0.25) is 0 Å². The Morgan fingerprint density at radius 2 is 1.31 bits per heavy atom. The highest BCUT2D eigenvalue weighted by Gasteiger charge is 2.65. The minimum absolute atomic E-state index is 0.153. The van der Waals surface area contributed by atoms with Crippen LogP contribution in [0, 0.1) is 29.1 Å². The van der Waals surface area contributed by atoms with E-state index >= 15 is 0 Å². The molecule has 0 radical (unpaired) electrons. The van der Waals surface area contributed by atoms with Crippen LogP contribution in [0.5, 0.6) is 11.5 Å². The van der Waals surface area contributed by atoms with E-state index in [1.807, 2.05) is 24.3 Å². The molecule has 10 heteroatoms. The monoisotopic (exact) mass is 750 g/mol. The summed E-state index contributed by atoms with van der Waals surface area (Å²) in [7, 11) is -3.53. The van der Waals surface area contributed by atoms with Gasteiger partial charge < -0.3 is 39.0 Å². The van der Waals surface area contributed by atoms with Crippen molar-refractivity contribution >= 4 is 36.9 Å². The second kappa shape index (κ2) is 16.9.